The van der Waals surface area contributed by atoms with E-state index in [4.69, 9.17) is 16.9 Å². The Morgan fingerprint density at radius 2 is 2.33 bits per heavy atom. The molecule has 0 amide bonds. The molecule has 0 bridgehead atoms. The van der Waals surface area contributed by atoms with Crippen LogP contribution >= 0.6 is 11.6 Å². The lowest BCUT2D eigenvalue weighted by Crippen LogP contribution is -2.22. The molecule has 0 radical (unpaired) electrons. The molecule has 1 aromatic rings. The Balaban J connectivity index is 3.03. The van der Waals surface area contributed by atoms with Gasteiger partial charge in [-0.2, -0.15) is 5.26 Å². The number of likely N-dealkylation sites (N-methyl/N-ethyl adjacent to an activating group) is 1. The minimum absolute atomic E-state index is 0.582. The van der Waals surface area contributed by atoms with E-state index in [0.29, 0.717) is 10.6 Å². The number of rotatable bonds is 4. The fourth-order valence-electron chi connectivity index (χ4n) is 1.39. The summed E-state index contributed by atoms with van der Waals surface area (Å²) in [5, 5.41) is 9.32. The van der Waals surface area contributed by atoms with Crippen LogP contribution in [0.3, 0.4) is 0 Å². The summed E-state index contributed by atoms with van der Waals surface area (Å²) in [6, 6.07) is 7.38. The number of hydrogen-bond acceptors (Lipinski definition) is 2. The number of benzene rings is 1. The fourth-order valence-corrected chi connectivity index (χ4v) is 1.69. The van der Waals surface area contributed by atoms with Crippen molar-refractivity contribution in [1.82, 2.24) is 0 Å². The van der Waals surface area contributed by atoms with Crippen LogP contribution in [-0.4, -0.2) is 13.1 Å². The Morgan fingerprint density at radius 1 is 1.60 bits per heavy atom. The van der Waals surface area contributed by atoms with Gasteiger partial charge in [-0.3, -0.25) is 0 Å². The van der Waals surface area contributed by atoms with Crippen LogP contribution in [0, 0.1) is 11.3 Å². The number of nitrogens with zero attached hydrogens (tertiary/aromatic N) is 2. The maximum atomic E-state index is 8.71. The van der Waals surface area contributed by atoms with Crippen LogP contribution in [0.1, 0.15) is 12.5 Å². The predicted octanol–water partition coefficient (Wildman–Crippen LogP) is 3.22. The molecule has 0 N–H and O–H groups in total. The van der Waals surface area contributed by atoms with Crippen molar-refractivity contribution < 1.29 is 0 Å². The summed E-state index contributed by atoms with van der Waals surface area (Å²) in [5.74, 6) is 0. The van der Waals surface area contributed by atoms with E-state index in [9.17, 15) is 0 Å². The Hall–Kier alpha value is -1.46. The molecule has 0 saturated heterocycles. The molecule has 0 fully saturated rings. The normalized spacial score (nSPS) is 9.40. The van der Waals surface area contributed by atoms with Gasteiger partial charge in [-0.05, 0) is 25.1 Å². The highest BCUT2D eigenvalue weighted by Gasteiger charge is 2.07. The molecule has 1 aromatic carbocycles. The molecule has 0 aliphatic carbocycles. The highest BCUT2D eigenvalue weighted by Crippen LogP contribution is 2.26. The first-order chi connectivity index (χ1) is 7.22. The van der Waals surface area contributed by atoms with Crippen molar-refractivity contribution in [3.8, 4) is 6.07 Å². The first-order valence-electron chi connectivity index (χ1n) is 4.78. The van der Waals surface area contributed by atoms with Crippen LogP contribution in [0.15, 0.2) is 30.9 Å². The molecule has 2 nitrogen and oxygen atoms in total. The van der Waals surface area contributed by atoms with E-state index in [2.05, 4.69) is 24.5 Å². The van der Waals surface area contributed by atoms with Crippen molar-refractivity contribution >= 4 is 17.3 Å². The predicted molar refractivity (Wildman–Crippen MR) is 64.3 cm³/mol. The second kappa shape index (κ2) is 5.43. The van der Waals surface area contributed by atoms with Gasteiger partial charge in [0.1, 0.15) is 0 Å². The van der Waals surface area contributed by atoms with Crippen molar-refractivity contribution in [2.24, 2.45) is 0 Å². The SMILES string of the molecule is C=CCN(CC)c1ccc(C#N)cc1Cl. The lowest BCUT2D eigenvalue weighted by molar-refractivity contribution is 0.907. The van der Waals surface area contributed by atoms with Gasteiger partial charge < -0.3 is 4.90 Å². The zero-order valence-corrected chi connectivity index (χ0v) is 9.46. The molecule has 0 spiro atoms. The largest absolute Gasteiger partial charge is 0.367 e. The van der Waals surface area contributed by atoms with Crippen LogP contribution in [0.25, 0.3) is 0 Å². The molecular weight excluding hydrogens is 208 g/mol. The quantitative estimate of drug-likeness (QED) is 0.729. The summed E-state index contributed by atoms with van der Waals surface area (Å²) in [6.07, 6.45) is 1.83. The Labute approximate surface area is 95.4 Å². The van der Waals surface area contributed by atoms with E-state index in [1.807, 2.05) is 12.1 Å². The summed E-state index contributed by atoms with van der Waals surface area (Å²) in [6.45, 7) is 7.36. The number of anilines is 1. The summed E-state index contributed by atoms with van der Waals surface area (Å²) < 4.78 is 0. The average Bonchev–Trinajstić information content (AvgIpc) is 2.26. The second-order valence-electron chi connectivity index (χ2n) is 3.11. The topological polar surface area (TPSA) is 27.0 Å². The van der Waals surface area contributed by atoms with E-state index in [1.165, 1.54) is 0 Å². The first kappa shape index (κ1) is 11.6. The maximum Gasteiger partial charge on any atom is 0.0992 e. The molecule has 0 aromatic heterocycles. The van der Waals surface area contributed by atoms with Gasteiger partial charge in [-0.25, -0.2) is 0 Å². The summed E-state index contributed by atoms with van der Waals surface area (Å²) in [5.41, 5.74) is 1.52. The van der Waals surface area contributed by atoms with Crippen LogP contribution in [0.4, 0.5) is 5.69 Å². The van der Waals surface area contributed by atoms with Crippen molar-refractivity contribution in [3.05, 3.63) is 41.4 Å². The van der Waals surface area contributed by atoms with Gasteiger partial charge in [-0.1, -0.05) is 17.7 Å². The minimum Gasteiger partial charge on any atom is -0.367 e. The Bertz CT molecular complexity index is 393. The average molecular weight is 221 g/mol. The molecule has 3 heteroatoms. The van der Waals surface area contributed by atoms with E-state index in [1.54, 1.807) is 12.1 Å². The van der Waals surface area contributed by atoms with Crippen LogP contribution < -0.4 is 4.90 Å². The fraction of sp³-hybridized carbons (Fsp3) is 0.250. The highest BCUT2D eigenvalue weighted by molar-refractivity contribution is 6.33. The minimum atomic E-state index is 0.582. The van der Waals surface area contributed by atoms with Crippen molar-refractivity contribution in [2.75, 3.05) is 18.0 Å². The molecule has 0 aliphatic rings. The number of nitriles is 1. The van der Waals surface area contributed by atoms with Crippen LogP contribution in [-0.2, 0) is 0 Å². The number of hydrogen-bond donors (Lipinski definition) is 0. The standard InChI is InChI=1S/C12H13ClN2/c1-3-7-15(4-2)12-6-5-10(9-14)8-11(12)13/h3,5-6,8H,1,4,7H2,2H3. The van der Waals surface area contributed by atoms with E-state index in [-0.39, 0.29) is 0 Å². The monoisotopic (exact) mass is 220 g/mol. The lowest BCUT2D eigenvalue weighted by Gasteiger charge is -2.22. The van der Waals surface area contributed by atoms with Crippen molar-refractivity contribution in [3.63, 3.8) is 0 Å². The van der Waals surface area contributed by atoms with Crippen LogP contribution in [0.5, 0.6) is 0 Å². The third-order valence-electron chi connectivity index (χ3n) is 2.15. The zero-order valence-electron chi connectivity index (χ0n) is 8.70. The van der Waals surface area contributed by atoms with E-state index < -0.39 is 0 Å². The van der Waals surface area contributed by atoms with Crippen molar-refractivity contribution in [2.45, 2.75) is 6.92 Å². The molecule has 0 saturated carbocycles. The van der Waals surface area contributed by atoms with Gasteiger partial charge in [0.2, 0.25) is 0 Å². The molecule has 1 rings (SSSR count). The Morgan fingerprint density at radius 3 is 2.80 bits per heavy atom. The van der Waals surface area contributed by atoms with Gasteiger partial charge in [0.05, 0.1) is 22.3 Å². The third-order valence-corrected chi connectivity index (χ3v) is 2.45. The van der Waals surface area contributed by atoms with Crippen LogP contribution in [0.2, 0.25) is 5.02 Å². The van der Waals surface area contributed by atoms with Gasteiger partial charge in [0.25, 0.3) is 0 Å². The summed E-state index contributed by atoms with van der Waals surface area (Å²) >= 11 is 6.09. The summed E-state index contributed by atoms with van der Waals surface area (Å²) in [7, 11) is 0. The zero-order chi connectivity index (χ0) is 11.3. The van der Waals surface area contributed by atoms with Crippen molar-refractivity contribution in [1.29, 1.82) is 5.26 Å². The van der Waals surface area contributed by atoms with E-state index in [0.717, 1.165) is 18.8 Å². The molecule has 15 heavy (non-hydrogen) atoms. The molecular formula is C12H13ClN2. The smallest absolute Gasteiger partial charge is 0.0992 e. The second-order valence-corrected chi connectivity index (χ2v) is 3.51. The van der Waals surface area contributed by atoms with E-state index >= 15 is 0 Å². The van der Waals surface area contributed by atoms with Gasteiger partial charge >= 0.3 is 0 Å². The summed E-state index contributed by atoms with van der Waals surface area (Å²) in [4.78, 5) is 2.09. The highest BCUT2D eigenvalue weighted by atomic mass is 35.5. The third kappa shape index (κ3) is 2.74. The number of halogens is 1. The molecule has 0 atom stereocenters. The Kier molecular flexibility index (Phi) is 4.20. The lowest BCUT2D eigenvalue weighted by atomic mass is 10.2. The molecule has 0 unspecified atom stereocenters. The molecule has 78 valence electrons. The maximum absolute atomic E-state index is 8.71. The van der Waals surface area contributed by atoms with Gasteiger partial charge in [0, 0.05) is 13.1 Å². The first-order valence-corrected chi connectivity index (χ1v) is 5.16. The molecule has 0 heterocycles. The van der Waals surface area contributed by atoms with Gasteiger partial charge in [-0.15, -0.1) is 6.58 Å². The molecule has 0 aliphatic heterocycles. The van der Waals surface area contributed by atoms with Gasteiger partial charge in [0.15, 0.2) is 0 Å².